The number of benzene rings is 2. The fourth-order valence-corrected chi connectivity index (χ4v) is 8.52. The minimum absolute atomic E-state index is 0.905. The Balaban J connectivity index is 1.47. The van der Waals surface area contributed by atoms with Crippen LogP contribution in [0, 0.1) is 0 Å². The molecule has 48 heavy (non-hydrogen) atoms. The molecule has 9 rings (SSSR count). The number of hydrogen-bond donors (Lipinski definition) is 2. The van der Waals surface area contributed by atoms with Crippen LogP contribution in [0.1, 0.15) is 22.8 Å². The third-order valence-electron chi connectivity index (χ3n) is 8.55. The van der Waals surface area contributed by atoms with Crippen molar-refractivity contribution in [2.45, 2.75) is 0 Å². The highest BCUT2D eigenvalue weighted by molar-refractivity contribution is 9.10. The number of rotatable bonds is 4. The Morgan fingerprint density at radius 3 is 1.12 bits per heavy atom. The summed E-state index contributed by atoms with van der Waals surface area (Å²) >= 11 is 10.7. The van der Waals surface area contributed by atoms with Gasteiger partial charge in [-0.2, -0.15) is 0 Å². The Hall–Kier alpha value is -4.60. The molecule has 0 radical (unpaired) electrons. The molecule has 7 aromatic rings. The molecule has 0 amide bonds. The van der Waals surface area contributed by atoms with Crippen molar-refractivity contribution < 1.29 is 0 Å². The van der Waals surface area contributed by atoms with Gasteiger partial charge in [0, 0.05) is 63.0 Å². The van der Waals surface area contributed by atoms with Gasteiger partial charge in [0.1, 0.15) is 0 Å². The minimum Gasteiger partial charge on any atom is -0.354 e. The third kappa shape index (κ3) is 5.25. The molecule has 8 heteroatoms. The molecule has 0 saturated carbocycles. The minimum atomic E-state index is 0.905. The molecular weight excluding hydrogens is 760 g/mol. The number of H-pyrrole nitrogens is 2. The summed E-state index contributed by atoms with van der Waals surface area (Å²) in [6.45, 7) is 0. The highest BCUT2D eigenvalue weighted by Crippen LogP contribution is 2.40. The molecule has 8 bridgehead atoms. The number of thiophene rings is 2. The number of nitrogens with zero attached hydrogens (tertiary/aromatic N) is 2. The lowest BCUT2D eigenvalue weighted by atomic mass is 10.0. The first-order chi connectivity index (χ1) is 23.6. The van der Waals surface area contributed by atoms with E-state index in [2.05, 4.69) is 174 Å². The van der Waals surface area contributed by atoms with Crippen LogP contribution in [0.4, 0.5) is 0 Å². The standard InChI is InChI=1S/C40H24Br2N4S2/c41-25-9-5-23(6-10-25)37-27-13-17-31(43-27)39(35-3-1-21-47-35)32-18-14-28(44-32)38(24-7-11-26(42)12-8-24)30-16-20-34(46-30)40(36-4-2-22-48-36)33-19-15-29(37)45-33/h1-22,43,46H. The van der Waals surface area contributed by atoms with Gasteiger partial charge in [-0.1, -0.05) is 68.3 Å². The number of aromatic amines is 2. The predicted octanol–water partition coefficient (Wildman–Crippen LogP) is 13.0. The summed E-state index contributed by atoms with van der Waals surface area (Å²) in [5.41, 5.74) is 14.0. The maximum atomic E-state index is 5.34. The highest BCUT2D eigenvalue weighted by atomic mass is 79.9. The summed E-state index contributed by atoms with van der Waals surface area (Å²) in [6, 6.07) is 34.1. The number of hydrogen-bond acceptors (Lipinski definition) is 4. The second-order valence-corrected chi connectivity index (χ2v) is 15.2. The lowest BCUT2D eigenvalue weighted by Crippen LogP contribution is -1.88. The normalized spacial score (nSPS) is 12.2. The molecule has 0 unspecified atom stereocenters. The number of halogens is 2. The van der Waals surface area contributed by atoms with E-state index in [1.807, 2.05) is 0 Å². The number of aromatic nitrogens is 4. The molecule has 230 valence electrons. The summed E-state index contributed by atoms with van der Waals surface area (Å²) in [5.74, 6) is 0. The highest BCUT2D eigenvalue weighted by Gasteiger charge is 2.19. The van der Waals surface area contributed by atoms with Crippen LogP contribution < -0.4 is 0 Å². The zero-order valence-electron chi connectivity index (χ0n) is 25.2. The molecule has 2 aliphatic rings. The molecule has 7 heterocycles. The van der Waals surface area contributed by atoms with Gasteiger partial charge in [-0.05, 0) is 107 Å². The smallest absolute Gasteiger partial charge is 0.0745 e. The van der Waals surface area contributed by atoms with Crippen molar-refractivity contribution in [1.82, 2.24) is 19.9 Å². The Morgan fingerprint density at radius 1 is 0.417 bits per heavy atom. The van der Waals surface area contributed by atoms with Crippen molar-refractivity contribution >= 4 is 101 Å². The van der Waals surface area contributed by atoms with E-state index in [4.69, 9.17) is 9.97 Å². The van der Waals surface area contributed by atoms with E-state index in [-0.39, 0.29) is 0 Å². The van der Waals surface area contributed by atoms with Crippen LogP contribution in [0.25, 0.3) is 89.5 Å². The quantitative estimate of drug-likeness (QED) is 0.187. The number of fused-ring (bicyclic) bond motifs is 8. The summed E-state index contributed by atoms with van der Waals surface area (Å²) in [7, 11) is 0. The van der Waals surface area contributed by atoms with Gasteiger partial charge in [0.2, 0.25) is 0 Å². The van der Waals surface area contributed by atoms with Crippen LogP contribution in [0.2, 0.25) is 0 Å². The van der Waals surface area contributed by atoms with Gasteiger partial charge in [0.15, 0.2) is 0 Å². The summed E-state index contributed by atoms with van der Waals surface area (Å²) < 4.78 is 2.06. The topological polar surface area (TPSA) is 57.4 Å². The van der Waals surface area contributed by atoms with Crippen LogP contribution >= 0.6 is 54.5 Å². The first-order valence-corrected chi connectivity index (χ1v) is 18.7. The lowest BCUT2D eigenvalue weighted by Gasteiger charge is -2.06. The van der Waals surface area contributed by atoms with E-state index in [0.29, 0.717) is 0 Å². The lowest BCUT2D eigenvalue weighted by molar-refractivity contribution is 1.31. The Labute approximate surface area is 301 Å². The van der Waals surface area contributed by atoms with Gasteiger partial charge in [-0.3, -0.25) is 0 Å². The molecule has 4 nitrogen and oxygen atoms in total. The average Bonchev–Trinajstić information content (AvgIpc) is 3.94. The summed E-state index contributed by atoms with van der Waals surface area (Å²) in [6.07, 6.45) is 8.55. The van der Waals surface area contributed by atoms with Crippen molar-refractivity contribution in [3.63, 3.8) is 0 Å². The van der Waals surface area contributed by atoms with Crippen LogP contribution in [-0.4, -0.2) is 19.9 Å². The van der Waals surface area contributed by atoms with E-state index in [1.165, 1.54) is 0 Å². The van der Waals surface area contributed by atoms with E-state index in [1.54, 1.807) is 22.7 Å². The predicted molar refractivity (Wildman–Crippen MR) is 212 cm³/mol. The van der Waals surface area contributed by atoms with Crippen molar-refractivity contribution in [3.05, 3.63) is 140 Å². The molecule has 2 N–H and O–H groups in total. The molecule has 0 saturated heterocycles. The first kappa shape index (κ1) is 29.5. The maximum Gasteiger partial charge on any atom is 0.0745 e. The SMILES string of the molecule is Brc1ccc(-c2c3nc(c(-c4cccs4)c4ccc([nH]4)c(-c4ccc(Br)cc4)c4nc(c(-c5cccs5)c5ccc2[nH]5)C=C4)C=C3)cc1. The number of nitrogens with one attached hydrogen (secondary N) is 2. The zero-order valence-corrected chi connectivity index (χ0v) is 30.0. The van der Waals surface area contributed by atoms with Crippen molar-refractivity contribution in [2.75, 3.05) is 0 Å². The van der Waals surface area contributed by atoms with E-state index < -0.39 is 0 Å². The second kappa shape index (κ2) is 12.1. The summed E-state index contributed by atoms with van der Waals surface area (Å²) in [5, 5.41) is 4.23. The monoisotopic (exact) mass is 782 g/mol. The largest absolute Gasteiger partial charge is 0.354 e. The van der Waals surface area contributed by atoms with Crippen molar-refractivity contribution in [1.29, 1.82) is 0 Å². The average molecular weight is 785 g/mol. The van der Waals surface area contributed by atoms with Crippen LogP contribution in [0.3, 0.4) is 0 Å². The van der Waals surface area contributed by atoms with E-state index in [9.17, 15) is 0 Å². The molecule has 0 fully saturated rings. The Bertz CT molecular complexity index is 2370. The molecular formula is C40H24Br2N4S2. The van der Waals surface area contributed by atoms with Gasteiger partial charge in [-0.25, -0.2) is 9.97 Å². The molecule has 0 atom stereocenters. The maximum absolute atomic E-state index is 5.34. The van der Waals surface area contributed by atoms with Crippen molar-refractivity contribution in [2.24, 2.45) is 0 Å². The summed E-state index contributed by atoms with van der Waals surface area (Å²) in [4.78, 5) is 20.6. The van der Waals surface area contributed by atoms with Gasteiger partial charge in [0.25, 0.3) is 0 Å². The fourth-order valence-electron chi connectivity index (χ4n) is 6.41. The van der Waals surface area contributed by atoms with Gasteiger partial charge in [-0.15, -0.1) is 22.7 Å². The van der Waals surface area contributed by atoms with Gasteiger partial charge < -0.3 is 9.97 Å². The molecule has 2 aliphatic heterocycles. The third-order valence-corrected chi connectivity index (χ3v) is 11.4. The van der Waals surface area contributed by atoms with Crippen LogP contribution in [0.5, 0.6) is 0 Å². The van der Waals surface area contributed by atoms with Crippen molar-refractivity contribution in [3.8, 4) is 43.1 Å². The Morgan fingerprint density at radius 2 is 0.771 bits per heavy atom. The van der Waals surface area contributed by atoms with Gasteiger partial charge >= 0.3 is 0 Å². The fraction of sp³-hybridized carbons (Fsp3) is 0. The van der Waals surface area contributed by atoms with E-state index in [0.717, 1.165) is 96.9 Å². The van der Waals surface area contributed by atoms with E-state index >= 15 is 0 Å². The first-order valence-electron chi connectivity index (χ1n) is 15.3. The Kier molecular flexibility index (Phi) is 7.46. The van der Waals surface area contributed by atoms with Gasteiger partial charge in [0.05, 0.1) is 22.8 Å². The van der Waals surface area contributed by atoms with Crippen LogP contribution in [0.15, 0.2) is 117 Å². The molecule has 0 spiro atoms. The molecule has 5 aromatic heterocycles. The van der Waals surface area contributed by atoms with Crippen LogP contribution in [-0.2, 0) is 0 Å². The molecule has 0 aliphatic carbocycles. The molecule has 2 aromatic carbocycles. The second-order valence-electron chi connectivity index (χ2n) is 11.5. The zero-order chi connectivity index (χ0) is 32.2.